The lowest BCUT2D eigenvalue weighted by molar-refractivity contribution is 0.0104. The molecule has 1 amide bonds. The summed E-state index contributed by atoms with van der Waals surface area (Å²) in [7, 11) is 0. The maximum Gasteiger partial charge on any atom is 0.410 e. The van der Waals surface area contributed by atoms with Gasteiger partial charge in [-0.3, -0.25) is 0 Å². The van der Waals surface area contributed by atoms with Crippen LogP contribution in [0, 0.1) is 0 Å². The van der Waals surface area contributed by atoms with E-state index < -0.39 is 11.7 Å². The zero-order valence-corrected chi connectivity index (χ0v) is 13.1. The molecular formula is C16H24N2O3. The maximum absolute atomic E-state index is 11.9. The predicted octanol–water partition coefficient (Wildman–Crippen LogP) is 2.77. The van der Waals surface area contributed by atoms with Crippen LogP contribution in [0.3, 0.4) is 0 Å². The Hall–Kier alpha value is -1.75. The molecule has 2 N–H and O–H groups in total. The van der Waals surface area contributed by atoms with Crippen molar-refractivity contribution in [3.05, 3.63) is 29.8 Å². The molecule has 0 aromatic heterocycles. The highest BCUT2D eigenvalue weighted by atomic mass is 16.6. The summed E-state index contributed by atoms with van der Waals surface area (Å²) in [5.41, 5.74) is 1.32. The van der Waals surface area contributed by atoms with Crippen LogP contribution in [-0.4, -0.2) is 40.8 Å². The highest BCUT2D eigenvalue weighted by molar-refractivity contribution is 5.70. The molecule has 1 aliphatic rings. The Labute approximate surface area is 125 Å². The van der Waals surface area contributed by atoms with Crippen molar-refractivity contribution in [1.29, 1.82) is 0 Å². The van der Waals surface area contributed by atoms with E-state index in [0.717, 1.165) is 11.3 Å². The van der Waals surface area contributed by atoms with Crippen LogP contribution in [0.15, 0.2) is 24.3 Å². The molecule has 0 bridgehead atoms. The average molecular weight is 292 g/mol. The van der Waals surface area contributed by atoms with Crippen molar-refractivity contribution in [2.75, 3.05) is 18.4 Å². The number of rotatable bonds is 3. The number of ether oxygens (including phenoxy) is 1. The Balaban J connectivity index is 1.88. The molecule has 2 rings (SSSR count). The number of aliphatic hydroxyl groups excluding tert-OH is 1. The average Bonchev–Trinajstić information content (AvgIpc) is 2.31. The van der Waals surface area contributed by atoms with E-state index in [0.29, 0.717) is 13.1 Å². The second-order valence-corrected chi connectivity index (χ2v) is 6.49. The van der Waals surface area contributed by atoms with Gasteiger partial charge in [0.15, 0.2) is 0 Å². The topological polar surface area (TPSA) is 61.8 Å². The van der Waals surface area contributed by atoms with Gasteiger partial charge < -0.3 is 20.1 Å². The lowest BCUT2D eigenvalue weighted by atomic mass is 10.1. The zero-order valence-electron chi connectivity index (χ0n) is 13.1. The molecule has 5 nitrogen and oxygen atoms in total. The van der Waals surface area contributed by atoms with Crippen molar-refractivity contribution in [3.8, 4) is 0 Å². The third-order valence-electron chi connectivity index (χ3n) is 3.30. The smallest absolute Gasteiger partial charge is 0.410 e. The molecule has 5 heteroatoms. The Kier molecular flexibility index (Phi) is 4.42. The van der Waals surface area contributed by atoms with E-state index in [1.807, 2.05) is 45.0 Å². The number of carbonyl (C=O) groups is 1. The van der Waals surface area contributed by atoms with Gasteiger partial charge in [0.05, 0.1) is 12.1 Å². The second-order valence-electron chi connectivity index (χ2n) is 6.49. The molecule has 1 atom stereocenters. The molecule has 1 unspecified atom stereocenters. The number of likely N-dealkylation sites (tertiary alicyclic amines) is 1. The Morgan fingerprint density at radius 2 is 2.00 bits per heavy atom. The SMILES string of the molecule is CC(O)c1ccccc1NC1CN(C(=O)OC(C)(C)C)C1. The first-order valence-corrected chi connectivity index (χ1v) is 7.28. The monoisotopic (exact) mass is 292 g/mol. The first-order chi connectivity index (χ1) is 9.76. The van der Waals surface area contributed by atoms with Crippen molar-refractivity contribution >= 4 is 11.8 Å². The molecule has 1 aliphatic heterocycles. The molecule has 1 heterocycles. The van der Waals surface area contributed by atoms with Gasteiger partial charge in [0.25, 0.3) is 0 Å². The van der Waals surface area contributed by atoms with Crippen LogP contribution in [0.4, 0.5) is 10.5 Å². The van der Waals surface area contributed by atoms with Gasteiger partial charge in [0.2, 0.25) is 0 Å². The number of nitrogens with zero attached hydrogens (tertiary/aromatic N) is 1. The van der Waals surface area contributed by atoms with E-state index in [1.54, 1.807) is 11.8 Å². The van der Waals surface area contributed by atoms with Crippen LogP contribution in [-0.2, 0) is 4.74 Å². The summed E-state index contributed by atoms with van der Waals surface area (Å²) >= 11 is 0. The fraction of sp³-hybridized carbons (Fsp3) is 0.562. The van der Waals surface area contributed by atoms with Gasteiger partial charge >= 0.3 is 6.09 Å². The number of nitrogens with one attached hydrogen (secondary N) is 1. The molecule has 0 aliphatic carbocycles. The summed E-state index contributed by atoms with van der Waals surface area (Å²) in [5, 5.41) is 13.1. The summed E-state index contributed by atoms with van der Waals surface area (Å²) in [6.45, 7) is 8.55. The predicted molar refractivity (Wildman–Crippen MR) is 82.3 cm³/mol. The standard InChI is InChI=1S/C16H24N2O3/c1-11(19)13-7-5-6-8-14(13)17-12-9-18(10-12)15(20)21-16(2,3)4/h5-8,11-12,17,19H,9-10H2,1-4H3. The van der Waals surface area contributed by atoms with Crippen LogP contribution in [0.1, 0.15) is 39.4 Å². The Bertz CT molecular complexity index is 502. The number of aliphatic hydroxyl groups is 1. The summed E-state index contributed by atoms with van der Waals surface area (Å²) < 4.78 is 5.32. The summed E-state index contributed by atoms with van der Waals surface area (Å²) in [6.07, 6.45) is -0.792. The van der Waals surface area contributed by atoms with Crippen LogP contribution in [0.5, 0.6) is 0 Å². The number of hydrogen-bond acceptors (Lipinski definition) is 4. The van der Waals surface area contributed by atoms with E-state index in [1.165, 1.54) is 0 Å². The van der Waals surface area contributed by atoms with Crippen molar-refractivity contribution in [2.24, 2.45) is 0 Å². The van der Waals surface area contributed by atoms with Crippen molar-refractivity contribution in [3.63, 3.8) is 0 Å². The molecule has 1 fully saturated rings. The highest BCUT2D eigenvalue weighted by Gasteiger charge is 2.33. The van der Waals surface area contributed by atoms with E-state index in [4.69, 9.17) is 4.74 Å². The first kappa shape index (κ1) is 15.6. The minimum atomic E-state index is -0.518. The molecule has 21 heavy (non-hydrogen) atoms. The molecule has 1 saturated heterocycles. The lowest BCUT2D eigenvalue weighted by Crippen LogP contribution is -2.58. The molecule has 0 spiro atoms. The third-order valence-corrected chi connectivity index (χ3v) is 3.30. The van der Waals surface area contributed by atoms with Gasteiger partial charge in [0, 0.05) is 24.3 Å². The minimum Gasteiger partial charge on any atom is -0.444 e. The first-order valence-electron chi connectivity index (χ1n) is 7.28. The number of benzene rings is 1. The van der Waals surface area contributed by atoms with Gasteiger partial charge in [0.1, 0.15) is 5.60 Å². The zero-order chi connectivity index (χ0) is 15.6. The van der Waals surface area contributed by atoms with Gasteiger partial charge in [-0.1, -0.05) is 18.2 Å². The molecule has 1 aromatic rings. The Morgan fingerprint density at radius 3 is 2.57 bits per heavy atom. The van der Waals surface area contributed by atoms with Gasteiger partial charge in [-0.05, 0) is 33.8 Å². The Morgan fingerprint density at radius 1 is 1.38 bits per heavy atom. The van der Waals surface area contributed by atoms with Crippen molar-refractivity contribution in [1.82, 2.24) is 4.90 Å². The van der Waals surface area contributed by atoms with E-state index in [9.17, 15) is 9.90 Å². The van der Waals surface area contributed by atoms with Gasteiger partial charge in [-0.2, -0.15) is 0 Å². The van der Waals surface area contributed by atoms with Crippen LogP contribution in [0.2, 0.25) is 0 Å². The third kappa shape index (κ3) is 4.11. The molecule has 0 radical (unpaired) electrons. The number of hydrogen-bond donors (Lipinski definition) is 2. The van der Waals surface area contributed by atoms with Gasteiger partial charge in [-0.25, -0.2) is 4.79 Å². The quantitative estimate of drug-likeness (QED) is 0.899. The highest BCUT2D eigenvalue weighted by Crippen LogP contribution is 2.25. The van der Waals surface area contributed by atoms with E-state index in [2.05, 4.69) is 5.32 Å². The summed E-state index contributed by atoms with van der Waals surface area (Å²) in [4.78, 5) is 13.5. The van der Waals surface area contributed by atoms with Gasteiger partial charge in [-0.15, -0.1) is 0 Å². The number of para-hydroxylation sites is 1. The van der Waals surface area contributed by atoms with Crippen LogP contribution in [0.25, 0.3) is 0 Å². The molecule has 116 valence electrons. The van der Waals surface area contributed by atoms with Crippen LogP contribution < -0.4 is 5.32 Å². The van der Waals surface area contributed by atoms with Crippen LogP contribution >= 0.6 is 0 Å². The maximum atomic E-state index is 11.9. The molecule has 1 aromatic carbocycles. The largest absolute Gasteiger partial charge is 0.444 e. The number of carbonyl (C=O) groups excluding carboxylic acids is 1. The molecule has 0 saturated carbocycles. The number of anilines is 1. The minimum absolute atomic E-state index is 0.192. The second kappa shape index (κ2) is 5.93. The van der Waals surface area contributed by atoms with E-state index >= 15 is 0 Å². The van der Waals surface area contributed by atoms with Crippen molar-refractivity contribution < 1.29 is 14.6 Å². The fourth-order valence-electron chi connectivity index (χ4n) is 2.26. The van der Waals surface area contributed by atoms with E-state index in [-0.39, 0.29) is 12.1 Å². The van der Waals surface area contributed by atoms with Crippen molar-refractivity contribution in [2.45, 2.75) is 45.4 Å². The number of amides is 1. The fourth-order valence-corrected chi connectivity index (χ4v) is 2.26. The summed E-state index contributed by atoms with van der Waals surface area (Å²) in [5.74, 6) is 0. The normalized spacial score (nSPS) is 17.1. The summed E-state index contributed by atoms with van der Waals surface area (Å²) in [6, 6.07) is 7.87. The lowest BCUT2D eigenvalue weighted by Gasteiger charge is -2.40. The molecular weight excluding hydrogens is 268 g/mol.